The molecule has 0 aromatic heterocycles. The molecule has 0 radical (unpaired) electrons. The van der Waals surface area contributed by atoms with Crippen molar-refractivity contribution in [2.24, 2.45) is 22.0 Å². The van der Waals surface area contributed by atoms with Crippen molar-refractivity contribution in [2.75, 3.05) is 45.2 Å². The standard InChI is InChI=1S/C10H19NO4S.C8H15NO4.C5H11NO2.2CH4.ClH/c1-4-15-9(14)11-7-10(2,3)8(13)16-6-5-12;1-4-13-7(12)9-5-8(2,3)6(10)11;1-5(2,3-6)4(7)8;;;/h12H,4-7H2,1-3H3,(H,11,14);4-5H2,1-3H3,(H,9,12)(H,10,11);3,6H2,1-2H3,(H,7,8);2*1H4;1H. The van der Waals surface area contributed by atoms with Gasteiger partial charge in [0.05, 0.1) is 36.1 Å². The largest absolute Gasteiger partial charge is 0.481 e. The van der Waals surface area contributed by atoms with Gasteiger partial charge < -0.3 is 41.2 Å². The van der Waals surface area contributed by atoms with Crippen molar-refractivity contribution in [2.45, 2.75) is 70.2 Å². The fraction of sp³-hybridized carbons (Fsp3) is 0.800. The first-order valence-electron chi connectivity index (χ1n) is 11.6. The number of aliphatic hydroxyl groups excluding tert-OH is 1. The number of carbonyl (C=O) groups excluding carboxylic acids is 3. The van der Waals surface area contributed by atoms with Gasteiger partial charge in [-0.3, -0.25) is 14.4 Å². The molecular weight excluding hydrogens is 570 g/mol. The van der Waals surface area contributed by atoms with Gasteiger partial charge in [0, 0.05) is 25.4 Å². The second-order valence-electron chi connectivity index (χ2n) is 9.47. The Hall–Kier alpha value is -2.29. The maximum Gasteiger partial charge on any atom is 0.407 e. The molecule has 15 heteroatoms. The normalized spacial score (nSPS) is 10.2. The third kappa shape index (κ3) is 26.0. The zero-order chi connectivity index (χ0) is 29.9. The number of thioether (sulfide) groups is 1. The van der Waals surface area contributed by atoms with Crippen LogP contribution in [0.2, 0.25) is 0 Å². The van der Waals surface area contributed by atoms with E-state index in [1.165, 1.54) is 13.8 Å². The number of alkyl carbamates (subject to hydrolysis) is 2. The molecule has 0 atom stereocenters. The van der Waals surface area contributed by atoms with Crippen molar-refractivity contribution < 1.29 is 48.8 Å². The first kappa shape index (κ1) is 50.5. The molecular formula is C25H54ClN3O10S. The molecule has 2 amide bonds. The molecule has 242 valence electrons. The Labute approximate surface area is 250 Å². The zero-order valence-electron chi connectivity index (χ0n) is 23.5. The smallest absolute Gasteiger partial charge is 0.407 e. The summed E-state index contributed by atoms with van der Waals surface area (Å²) in [5, 5.41) is 30.5. The van der Waals surface area contributed by atoms with Crippen molar-refractivity contribution >= 4 is 53.4 Å². The number of carboxylic acid groups (broad SMARTS) is 2. The fourth-order valence-corrected chi connectivity index (χ4v) is 2.26. The number of amides is 2. The van der Waals surface area contributed by atoms with Gasteiger partial charge in [-0.15, -0.1) is 12.4 Å². The highest BCUT2D eigenvalue weighted by Gasteiger charge is 2.29. The predicted octanol–water partition coefficient (Wildman–Crippen LogP) is 3.60. The lowest BCUT2D eigenvalue weighted by Gasteiger charge is -2.22. The minimum atomic E-state index is -0.966. The number of hydrogen-bond donors (Lipinski definition) is 6. The zero-order valence-corrected chi connectivity index (χ0v) is 25.2. The monoisotopic (exact) mass is 623 g/mol. The van der Waals surface area contributed by atoms with E-state index >= 15 is 0 Å². The molecule has 0 heterocycles. The lowest BCUT2D eigenvalue weighted by atomic mass is 9.94. The first-order chi connectivity index (χ1) is 16.8. The van der Waals surface area contributed by atoms with Gasteiger partial charge in [-0.1, -0.05) is 40.5 Å². The molecule has 7 N–H and O–H groups in total. The first-order valence-corrected chi connectivity index (χ1v) is 12.6. The molecule has 0 bridgehead atoms. The number of carboxylic acids is 2. The van der Waals surface area contributed by atoms with E-state index in [0.29, 0.717) is 12.4 Å². The second kappa shape index (κ2) is 25.7. The molecule has 0 aliphatic carbocycles. The Kier molecular flexibility index (Phi) is 32.4. The number of rotatable bonds is 12. The Balaban J connectivity index is -0.000000109. The number of ether oxygens (including phenoxy) is 2. The third-order valence-corrected chi connectivity index (χ3v) is 5.65. The topological polar surface area (TPSA) is 215 Å². The summed E-state index contributed by atoms with van der Waals surface area (Å²) < 4.78 is 9.26. The van der Waals surface area contributed by atoms with Gasteiger partial charge in [0.15, 0.2) is 5.12 Å². The van der Waals surface area contributed by atoms with Crippen LogP contribution < -0.4 is 16.4 Å². The molecule has 0 saturated carbocycles. The maximum atomic E-state index is 11.7. The van der Waals surface area contributed by atoms with Gasteiger partial charge in [-0.05, 0) is 41.5 Å². The van der Waals surface area contributed by atoms with E-state index in [-0.39, 0.29) is 65.2 Å². The molecule has 0 unspecified atom stereocenters. The Bertz CT molecular complexity index is 736. The summed E-state index contributed by atoms with van der Waals surface area (Å²) >= 11 is 1.07. The molecule has 13 nitrogen and oxygen atoms in total. The molecule has 0 spiro atoms. The van der Waals surface area contributed by atoms with Crippen LogP contribution in [0.5, 0.6) is 0 Å². The highest BCUT2D eigenvalue weighted by Crippen LogP contribution is 2.22. The minimum Gasteiger partial charge on any atom is -0.481 e. The average Bonchev–Trinajstić information content (AvgIpc) is 2.81. The minimum absolute atomic E-state index is 0. The summed E-state index contributed by atoms with van der Waals surface area (Å²) in [7, 11) is 0. The van der Waals surface area contributed by atoms with Crippen LogP contribution >= 0.6 is 24.2 Å². The van der Waals surface area contributed by atoms with Crippen LogP contribution in [0.25, 0.3) is 0 Å². The fourth-order valence-electron chi connectivity index (χ4n) is 1.52. The van der Waals surface area contributed by atoms with Crippen molar-refractivity contribution in [3.8, 4) is 0 Å². The summed E-state index contributed by atoms with van der Waals surface area (Å²) in [6.45, 7) is 14.1. The summed E-state index contributed by atoms with van der Waals surface area (Å²) in [6.07, 6.45) is -1.10. The van der Waals surface area contributed by atoms with Gasteiger partial charge in [-0.25, -0.2) is 9.59 Å². The van der Waals surface area contributed by atoms with E-state index in [4.69, 9.17) is 25.8 Å². The van der Waals surface area contributed by atoms with Crippen LogP contribution in [-0.2, 0) is 23.9 Å². The number of nitrogens with one attached hydrogen (secondary N) is 2. The lowest BCUT2D eigenvalue weighted by Crippen LogP contribution is -2.39. The van der Waals surface area contributed by atoms with Crippen LogP contribution in [0, 0.1) is 16.2 Å². The van der Waals surface area contributed by atoms with E-state index in [1.54, 1.807) is 41.5 Å². The number of aliphatic carboxylic acids is 2. The lowest BCUT2D eigenvalue weighted by molar-refractivity contribution is -0.147. The molecule has 0 aromatic carbocycles. The van der Waals surface area contributed by atoms with Gasteiger partial charge in [0.2, 0.25) is 0 Å². The van der Waals surface area contributed by atoms with E-state index < -0.39 is 40.4 Å². The number of halogens is 1. The van der Waals surface area contributed by atoms with E-state index in [2.05, 4.69) is 15.4 Å². The van der Waals surface area contributed by atoms with E-state index in [9.17, 15) is 24.0 Å². The van der Waals surface area contributed by atoms with Gasteiger partial charge >= 0.3 is 24.1 Å². The number of aliphatic hydroxyl groups is 1. The van der Waals surface area contributed by atoms with Crippen LogP contribution in [0.15, 0.2) is 0 Å². The van der Waals surface area contributed by atoms with Crippen LogP contribution in [-0.4, -0.2) is 89.8 Å². The van der Waals surface area contributed by atoms with E-state index in [0.717, 1.165) is 11.8 Å². The molecule has 0 aromatic rings. The molecule has 0 aliphatic rings. The summed E-state index contributed by atoms with van der Waals surface area (Å²) in [5.74, 6) is -1.42. The van der Waals surface area contributed by atoms with Crippen molar-refractivity contribution in [3.63, 3.8) is 0 Å². The van der Waals surface area contributed by atoms with Gasteiger partial charge in [0.25, 0.3) is 0 Å². The van der Waals surface area contributed by atoms with E-state index in [1.807, 2.05) is 0 Å². The third-order valence-electron chi connectivity index (χ3n) is 4.45. The van der Waals surface area contributed by atoms with Crippen LogP contribution in [0.1, 0.15) is 70.2 Å². The Morgan fingerprint density at radius 3 is 1.35 bits per heavy atom. The second-order valence-corrected chi connectivity index (χ2v) is 10.5. The average molecular weight is 624 g/mol. The summed E-state index contributed by atoms with van der Waals surface area (Å²) in [5.41, 5.74) is 2.74. The maximum absolute atomic E-state index is 11.7. The molecule has 40 heavy (non-hydrogen) atoms. The summed E-state index contributed by atoms with van der Waals surface area (Å²) in [4.78, 5) is 54.2. The van der Waals surface area contributed by atoms with Gasteiger partial charge in [0.1, 0.15) is 0 Å². The molecule has 0 saturated heterocycles. The van der Waals surface area contributed by atoms with Gasteiger partial charge in [-0.2, -0.15) is 0 Å². The predicted molar refractivity (Wildman–Crippen MR) is 161 cm³/mol. The summed E-state index contributed by atoms with van der Waals surface area (Å²) in [6, 6.07) is 0. The SMILES string of the molecule is C.C.CC(C)(CN)C(=O)O.CCOC(=O)NCC(C)(C)C(=O)O.CCOC(=O)NCC(C)(C)C(=O)SCCO.Cl. The molecule has 0 fully saturated rings. The quantitative estimate of drug-likeness (QED) is 0.184. The Morgan fingerprint density at radius 2 is 1.10 bits per heavy atom. The number of carbonyl (C=O) groups is 5. The van der Waals surface area contributed by atoms with Crippen LogP contribution in [0.3, 0.4) is 0 Å². The highest BCUT2D eigenvalue weighted by atomic mass is 35.5. The van der Waals surface area contributed by atoms with Crippen molar-refractivity contribution in [1.29, 1.82) is 0 Å². The highest BCUT2D eigenvalue weighted by molar-refractivity contribution is 8.13. The Morgan fingerprint density at radius 1 is 0.750 bits per heavy atom. The number of nitrogens with two attached hydrogens (primary N) is 1. The van der Waals surface area contributed by atoms with Crippen molar-refractivity contribution in [1.82, 2.24) is 10.6 Å². The molecule has 0 rings (SSSR count). The molecule has 0 aliphatic heterocycles. The van der Waals surface area contributed by atoms with Crippen LogP contribution in [0.4, 0.5) is 9.59 Å². The number of hydrogen-bond acceptors (Lipinski definition) is 10. The van der Waals surface area contributed by atoms with Crippen molar-refractivity contribution in [3.05, 3.63) is 0 Å².